The van der Waals surface area contributed by atoms with Crippen molar-refractivity contribution in [2.45, 2.75) is 52.7 Å². The second-order valence-electron chi connectivity index (χ2n) is 10.0. The topological polar surface area (TPSA) is 86.4 Å². The van der Waals surface area contributed by atoms with E-state index in [-0.39, 0.29) is 0 Å². The van der Waals surface area contributed by atoms with Crippen molar-refractivity contribution in [2.75, 3.05) is 59.2 Å². The van der Waals surface area contributed by atoms with Gasteiger partial charge in [0, 0.05) is 71.3 Å². The molecule has 4 aromatic rings. The molecule has 0 aliphatic carbocycles. The van der Waals surface area contributed by atoms with E-state index in [1.165, 1.54) is 6.42 Å². The molecule has 0 amide bonds. The lowest BCUT2D eigenvalue weighted by molar-refractivity contribution is 0.119. The van der Waals surface area contributed by atoms with E-state index >= 15 is 0 Å². The van der Waals surface area contributed by atoms with Gasteiger partial charge in [-0.25, -0.2) is 19.9 Å². The molecule has 0 radical (unpaired) electrons. The van der Waals surface area contributed by atoms with Gasteiger partial charge in [-0.15, -0.1) is 0 Å². The van der Waals surface area contributed by atoms with E-state index in [2.05, 4.69) is 28.9 Å². The van der Waals surface area contributed by atoms with Crippen LogP contribution in [-0.2, 0) is 35.5 Å². The summed E-state index contributed by atoms with van der Waals surface area (Å²) in [5.41, 5.74) is 3.85. The van der Waals surface area contributed by atoms with Gasteiger partial charge in [-0.3, -0.25) is 4.90 Å². The van der Waals surface area contributed by atoms with Gasteiger partial charge in [0.2, 0.25) is 0 Å². The first-order valence-corrected chi connectivity index (χ1v) is 14.5. The number of hydrogen-bond acceptors (Lipinski definition) is 8. The quantitative estimate of drug-likeness (QED) is 0.215. The van der Waals surface area contributed by atoms with Crippen molar-refractivity contribution in [2.24, 2.45) is 0 Å². The normalized spacial score (nSPS) is 15.1. The lowest BCUT2D eigenvalue weighted by Gasteiger charge is -2.34. The molecule has 10 nitrogen and oxygen atoms in total. The number of fused-ring (bicyclic) bond motifs is 2. The standard InChI is InChI=1S/C29H42N8O2/c1-3-38-21-19-36-26(32-24-9-7-12-30-28(24)36)11-5-6-14-34-15-17-35(18-16-34)23-27-33-25-10-8-13-31-29(25)37(27)20-22-39-4-2/h7-10,12-13H,3-6,11,14-23H2,1-2H3. The fraction of sp³-hybridized carbons (Fsp3) is 0.586. The molecule has 4 aromatic heterocycles. The van der Waals surface area contributed by atoms with Crippen LogP contribution in [0.5, 0.6) is 0 Å². The monoisotopic (exact) mass is 534 g/mol. The van der Waals surface area contributed by atoms with Crippen LogP contribution in [0.1, 0.15) is 38.3 Å². The van der Waals surface area contributed by atoms with Crippen molar-refractivity contribution in [1.29, 1.82) is 0 Å². The second-order valence-corrected chi connectivity index (χ2v) is 10.0. The Bertz CT molecular complexity index is 1310. The first kappa shape index (κ1) is 27.6. The highest BCUT2D eigenvalue weighted by Crippen LogP contribution is 2.18. The Hall–Kier alpha value is -2.92. The van der Waals surface area contributed by atoms with E-state index in [9.17, 15) is 0 Å². The highest BCUT2D eigenvalue weighted by Gasteiger charge is 2.20. The van der Waals surface area contributed by atoms with Crippen LogP contribution in [0, 0.1) is 0 Å². The molecule has 1 saturated heterocycles. The molecule has 0 spiro atoms. The molecule has 5 rings (SSSR count). The van der Waals surface area contributed by atoms with E-state index in [0.29, 0.717) is 13.2 Å². The Labute approximate surface area is 231 Å². The molecule has 0 bridgehead atoms. The molecular weight excluding hydrogens is 492 g/mol. The summed E-state index contributed by atoms with van der Waals surface area (Å²) in [6, 6.07) is 8.01. The minimum Gasteiger partial charge on any atom is -0.380 e. The van der Waals surface area contributed by atoms with Crippen LogP contribution in [0.2, 0.25) is 0 Å². The van der Waals surface area contributed by atoms with Crippen molar-refractivity contribution in [1.82, 2.24) is 38.9 Å². The molecule has 1 fully saturated rings. The number of unbranched alkanes of at least 4 members (excludes halogenated alkanes) is 1. The number of nitrogens with zero attached hydrogens (tertiary/aromatic N) is 8. The van der Waals surface area contributed by atoms with Gasteiger partial charge >= 0.3 is 0 Å². The molecule has 5 heterocycles. The molecular formula is C29H42N8O2. The van der Waals surface area contributed by atoms with Crippen LogP contribution in [-0.4, -0.2) is 98.0 Å². The molecule has 0 saturated carbocycles. The third-order valence-electron chi connectivity index (χ3n) is 7.45. The van der Waals surface area contributed by atoms with E-state index in [1.807, 2.05) is 50.5 Å². The highest BCUT2D eigenvalue weighted by molar-refractivity contribution is 5.71. The molecule has 0 atom stereocenters. The molecule has 0 unspecified atom stereocenters. The number of hydrogen-bond donors (Lipinski definition) is 0. The SMILES string of the molecule is CCOCCn1c(CCCCN2CCN(Cc3nc4cccnc4n3CCOCC)CC2)nc2cccnc21. The predicted octanol–water partition coefficient (Wildman–Crippen LogP) is 3.39. The third-order valence-corrected chi connectivity index (χ3v) is 7.45. The Morgan fingerprint density at radius 2 is 1.26 bits per heavy atom. The van der Waals surface area contributed by atoms with E-state index in [4.69, 9.17) is 19.4 Å². The largest absolute Gasteiger partial charge is 0.380 e. The van der Waals surface area contributed by atoms with Gasteiger partial charge in [0.05, 0.1) is 19.8 Å². The molecule has 1 aliphatic heterocycles. The van der Waals surface area contributed by atoms with Crippen LogP contribution < -0.4 is 0 Å². The zero-order chi connectivity index (χ0) is 26.9. The number of ether oxygens (including phenoxy) is 2. The first-order chi connectivity index (χ1) is 19.3. The molecule has 0 N–H and O–H groups in total. The summed E-state index contributed by atoms with van der Waals surface area (Å²) in [6.07, 6.45) is 6.94. The zero-order valence-electron chi connectivity index (χ0n) is 23.5. The summed E-state index contributed by atoms with van der Waals surface area (Å²) in [6.45, 7) is 14.7. The average Bonchev–Trinajstić information content (AvgIpc) is 3.50. The van der Waals surface area contributed by atoms with Gasteiger partial charge < -0.3 is 23.5 Å². The van der Waals surface area contributed by atoms with Crippen molar-refractivity contribution >= 4 is 22.3 Å². The summed E-state index contributed by atoms with van der Waals surface area (Å²) < 4.78 is 15.7. The van der Waals surface area contributed by atoms with Crippen LogP contribution in [0.15, 0.2) is 36.7 Å². The number of piperazine rings is 1. The van der Waals surface area contributed by atoms with E-state index in [1.54, 1.807) is 0 Å². The summed E-state index contributed by atoms with van der Waals surface area (Å²) in [5, 5.41) is 0. The third kappa shape index (κ3) is 7.00. The number of rotatable bonds is 15. The summed E-state index contributed by atoms with van der Waals surface area (Å²) >= 11 is 0. The molecule has 0 aromatic carbocycles. The Balaban J connectivity index is 1.09. The van der Waals surface area contributed by atoms with Crippen molar-refractivity contribution in [3.05, 3.63) is 48.3 Å². The smallest absolute Gasteiger partial charge is 0.160 e. The van der Waals surface area contributed by atoms with E-state index in [0.717, 1.165) is 112 Å². The van der Waals surface area contributed by atoms with Gasteiger partial charge in [-0.2, -0.15) is 0 Å². The van der Waals surface area contributed by atoms with Gasteiger partial charge in [0.25, 0.3) is 0 Å². The van der Waals surface area contributed by atoms with Gasteiger partial charge in [0.15, 0.2) is 11.3 Å². The molecule has 10 heteroatoms. The second kappa shape index (κ2) is 13.9. The maximum absolute atomic E-state index is 5.62. The number of aromatic nitrogens is 6. The maximum atomic E-state index is 5.62. The van der Waals surface area contributed by atoms with E-state index < -0.39 is 0 Å². The number of aryl methyl sites for hydroxylation is 1. The number of pyridine rings is 2. The predicted molar refractivity (Wildman–Crippen MR) is 153 cm³/mol. The fourth-order valence-corrected chi connectivity index (χ4v) is 5.38. The van der Waals surface area contributed by atoms with Crippen LogP contribution in [0.3, 0.4) is 0 Å². The van der Waals surface area contributed by atoms with Gasteiger partial charge in [-0.05, 0) is 57.5 Å². The molecule has 1 aliphatic rings. The maximum Gasteiger partial charge on any atom is 0.160 e. The summed E-state index contributed by atoms with van der Waals surface area (Å²) in [4.78, 5) is 24.1. The minimum atomic E-state index is 0.679. The highest BCUT2D eigenvalue weighted by atomic mass is 16.5. The van der Waals surface area contributed by atoms with Gasteiger partial charge in [-0.1, -0.05) is 0 Å². The Morgan fingerprint density at radius 1 is 0.692 bits per heavy atom. The Morgan fingerprint density at radius 3 is 1.87 bits per heavy atom. The lowest BCUT2D eigenvalue weighted by Crippen LogP contribution is -2.46. The average molecular weight is 535 g/mol. The summed E-state index contributed by atoms with van der Waals surface area (Å²) in [5.74, 6) is 2.20. The van der Waals surface area contributed by atoms with Crippen LogP contribution in [0.25, 0.3) is 22.3 Å². The van der Waals surface area contributed by atoms with Gasteiger partial charge in [0.1, 0.15) is 22.7 Å². The molecule has 39 heavy (non-hydrogen) atoms. The first-order valence-electron chi connectivity index (χ1n) is 14.5. The number of imidazole rings is 2. The van der Waals surface area contributed by atoms with Crippen molar-refractivity contribution in [3.8, 4) is 0 Å². The lowest BCUT2D eigenvalue weighted by atomic mass is 10.2. The Kier molecular flexibility index (Phi) is 9.87. The molecule has 210 valence electrons. The van der Waals surface area contributed by atoms with Crippen molar-refractivity contribution in [3.63, 3.8) is 0 Å². The van der Waals surface area contributed by atoms with Crippen LogP contribution >= 0.6 is 0 Å². The van der Waals surface area contributed by atoms with Crippen LogP contribution in [0.4, 0.5) is 0 Å². The van der Waals surface area contributed by atoms with Crippen molar-refractivity contribution < 1.29 is 9.47 Å². The summed E-state index contributed by atoms with van der Waals surface area (Å²) in [7, 11) is 0. The minimum absolute atomic E-state index is 0.679. The zero-order valence-corrected chi connectivity index (χ0v) is 23.5. The fourth-order valence-electron chi connectivity index (χ4n) is 5.38.